The van der Waals surface area contributed by atoms with Crippen molar-refractivity contribution in [3.63, 3.8) is 0 Å². The van der Waals surface area contributed by atoms with Crippen LogP contribution in [0.1, 0.15) is 65.6 Å². The SMILES string of the molecule is Cc1nc(-c2ccccc2)sc1C(=O)N1CCC(c2nc(C(C)(C)C)cs2)CC1. The molecule has 4 nitrogen and oxygen atoms in total. The number of benzene rings is 1. The number of carbonyl (C=O) groups is 1. The number of piperidine rings is 1. The number of aryl methyl sites for hydroxylation is 1. The summed E-state index contributed by atoms with van der Waals surface area (Å²) >= 11 is 3.27. The molecule has 1 fully saturated rings. The van der Waals surface area contributed by atoms with Crippen LogP contribution >= 0.6 is 22.7 Å². The van der Waals surface area contributed by atoms with Gasteiger partial charge in [-0.15, -0.1) is 22.7 Å². The van der Waals surface area contributed by atoms with Crippen molar-refractivity contribution in [2.75, 3.05) is 13.1 Å². The van der Waals surface area contributed by atoms with E-state index in [0.717, 1.165) is 47.1 Å². The van der Waals surface area contributed by atoms with E-state index in [0.29, 0.717) is 5.92 Å². The normalized spacial score (nSPS) is 15.7. The van der Waals surface area contributed by atoms with Gasteiger partial charge in [-0.05, 0) is 19.8 Å². The molecule has 3 aromatic rings. The Labute approximate surface area is 180 Å². The lowest BCUT2D eigenvalue weighted by Crippen LogP contribution is -2.37. The predicted octanol–water partition coefficient (Wildman–Crippen LogP) is 5.89. The average molecular weight is 426 g/mol. The topological polar surface area (TPSA) is 46.1 Å². The predicted molar refractivity (Wildman–Crippen MR) is 121 cm³/mol. The first-order valence-corrected chi connectivity index (χ1v) is 11.8. The number of thiazole rings is 2. The molecule has 0 bridgehead atoms. The summed E-state index contributed by atoms with van der Waals surface area (Å²) in [4.78, 5) is 25.4. The molecule has 152 valence electrons. The highest BCUT2D eigenvalue weighted by atomic mass is 32.1. The second-order valence-electron chi connectivity index (χ2n) is 8.69. The number of rotatable bonds is 3. The quantitative estimate of drug-likeness (QED) is 0.525. The van der Waals surface area contributed by atoms with E-state index in [1.165, 1.54) is 22.0 Å². The summed E-state index contributed by atoms with van der Waals surface area (Å²) in [5, 5.41) is 4.33. The van der Waals surface area contributed by atoms with Crippen LogP contribution in [0.25, 0.3) is 10.6 Å². The number of likely N-dealkylation sites (tertiary alicyclic amines) is 1. The summed E-state index contributed by atoms with van der Waals surface area (Å²) in [6.07, 6.45) is 1.96. The first-order valence-electron chi connectivity index (χ1n) is 10.1. The van der Waals surface area contributed by atoms with Crippen molar-refractivity contribution >= 4 is 28.6 Å². The zero-order valence-corrected chi connectivity index (χ0v) is 19.1. The Morgan fingerprint density at radius 2 is 1.79 bits per heavy atom. The van der Waals surface area contributed by atoms with Crippen molar-refractivity contribution in [1.29, 1.82) is 0 Å². The maximum Gasteiger partial charge on any atom is 0.265 e. The molecule has 1 aliphatic rings. The molecule has 0 saturated carbocycles. The van der Waals surface area contributed by atoms with Crippen molar-refractivity contribution in [3.05, 3.63) is 57.0 Å². The van der Waals surface area contributed by atoms with E-state index in [1.807, 2.05) is 42.2 Å². The van der Waals surface area contributed by atoms with Crippen LogP contribution in [0.2, 0.25) is 0 Å². The van der Waals surface area contributed by atoms with E-state index in [2.05, 4.69) is 31.1 Å². The molecule has 1 amide bonds. The van der Waals surface area contributed by atoms with Gasteiger partial charge in [-0.2, -0.15) is 0 Å². The van der Waals surface area contributed by atoms with E-state index in [9.17, 15) is 4.79 Å². The van der Waals surface area contributed by atoms with Gasteiger partial charge in [0.2, 0.25) is 0 Å². The van der Waals surface area contributed by atoms with Gasteiger partial charge in [0.15, 0.2) is 0 Å². The Kier molecular flexibility index (Phi) is 5.58. The average Bonchev–Trinajstić information content (AvgIpc) is 3.35. The van der Waals surface area contributed by atoms with Gasteiger partial charge in [0.25, 0.3) is 5.91 Å². The molecule has 1 aliphatic heterocycles. The summed E-state index contributed by atoms with van der Waals surface area (Å²) < 4.78 is 0. The third-order valence-electron chi connectivity index (χ3n) is 5.43. The lowest BCUT2D eigenvalue weighted by molar-refractivity contribution is 0.0717. The molecule has 29 heavy (non-hydrogen) atoms. The molecular formula is C23H27N3OS2. The molecule has 0 unspecified atom stereocenters. The number of aromatic nitrogens is 2. The van der Waals surface area contributed by atoms with E-state index in [1.54, 1.807) is 11.3 Å². The van der Waals surface area contributed by atoms with Gasteiger partial charge in [0.1, 0.15) is 9.88 Å². The molecule has 3 heterocycles. The second-order valence-corrected chi connectivity index (χ2v) is 10.6. The number of hydrogen-bond acceptors (Lipinski definition) is 5. The zero-order chi connectivity index (χ0) is 20.6. The second kappa shape index (κ2) is 8.00. The van der Waals surface area contributed by atoms with Crippen molar-refractivity contribution in [1.82, 2.24) is 14.9 Å². The van der Waals surface area contributed by atoms with Gasteiger partial charge in [0.05, 0.1) is 16.4 Å². The first kappa shape index (κ1) is 20.2. The Morgan fingerprint density at radius 1 is 1.10 bits per heavy atom. The molecule has 0 radical (unpaired) electrons. The molecule has 1 aromatic carbocycles. The largest absolute Gasteiger partial charge is 0.338 e. The first-order chi connectivity index (χ1) is 13.8. The third-order valence-corrected chi connectivity index (χ3v) is 7.64. The maximum absolute atomic E-state index is 13.1. The van der Waals surface area contributed by atoms with Gasteiger partial charge < -0.3 is 4.90 Å². The molecule has 0 spiro atoms. The van der Waals surface area contributed by atoms with E-state index >= 15 is 0 Å². The highest BCUT2D eigenvalue weighted by molar-refractivity contribution is 7.17. The van der Waals surface area contributed by atoms with Crippen LogP contribution in [0.4, 0.5) is 0 Å². The standard InChI is InChI=1S/C23H27N3OS2/c1-15-19(29-21(24-15)16-8-6-5-7-9-16)22(27)26-12-10-17(11-13-26)20-25-18(14-28-20)23(2,3)4/h5-9,14,17H,10-13H2,1-4H3. The van der Waals surface area contributed by atoms with Crippen LogP contribution in [0.5, 0.6) is 0 Å². The van der Waals surface area contributed by atoms with Crippen LogP contribution in [-0.2, 0) is 5.41 Å². The third kappa shape index (κ3) is 4.28. The zero-order valence-electron chi connectivity index (χ0n) is 17.4. The highest BCUT2D eigenvalue weighted by Gasteiger charge is 2.29. The molecule has 0 aliphatic carbocycles. The smallest absolute Gasteiger partial charge is 0.265 e. The fourth-order valence-corrected chi connectivity index (χ4v) is 5.85. The maximum atomic E-state index is 13.1. The van der Waals surface area contributed by atoms with Crippen LogP contribution in [0, 0.1) is 6.92 Å². The minimum absolute atomic E-state index is 0.0889. The number of carbonyl (C=O) groups excluding carboxylic acids is 1. The van der Waals surface area contributed by atoms with Crippen LogP contribution < -0.4 is 0 Å². The molecule has 2 aromatic heterocycles. The van der Waals surface area contributed by atoms with E-state index in [4.69, 9.17) is 4.98 Å². The molecule has 4 rings (SSSR count). The number of hydrogen-bond donors (Lipinski definition) is 0. The van der Waals surface area contributed by atoms with E-state index in [-0.39, 0.29) is 11.3 Å². The summed E-state index contributed by atoms with van der Waals surface area (Å²) in [5.41, 5.74) is 3.16. The van der Waals surface area contributed by atoms with Crippen molar-refractivity contribution < 1.29 is 4.79 Å². The van der Waals surface area contributed by atoms with Crippen LogP contribution in [-0.4, -0.2) is 33.9 Å². The molecule has 0 N–H and O–H groups in total. The summed E-state index contributed by atoms with van der Waals surface area (Å²) in [7, 11) is 0. The van der Waals surface area contributed by atoms with Gasteiger partial charge >= 0.3 is 0 Å². The van der Waals surface area contributed by atoms with Gasteiger partial charge in [-0.1, -0.05) is 51.1 Å². The fraction of sp³-hybridized carbons (Fsp3) is 0.435. The lowest BCUT2D eigenvalue weighted by atomic mass is 9.93. The van der Waals surface area contributed by atoms with Crippen molar-refractivity contribution in [2.45, 2.75) is 51.9 Å². The minimum atomic E-state index is 0.0889. The Balaban J connectivity index is 1.43. The number of nitrogens with zero attached hydrogens (tertiary/aromatic N) is 3. The van der Waals surface area contributed by atoms with Crippen LogP contribution in [0.15, 0.2) is 35.7 Å². The van der Waals surface area contributed by atoms with E-state index < -0.39 is 0 Å². The number of amides is 1. The monoisotopic (exact) mass is 425 g/mol. The summed E-state index contributed by atoms with van der Waals surface area (Å²) in [5.74, 6) is 0.581. The van der Waals surface area contributed by atoms with Gasteiger partial charge in [0, 0.05) is 35.4 Å². The summed E-state index contributed by atoms with van der Waals surface area (Å²) in [6.45, 7) is 10.1. The van der Waals surface area contributed by atoms with Gasteiger partial charge in [-0.25, -0.2) is 9.97 Å². The molecular weight excluding hydrogens is 398 g/mol. The lowest BCUT2D eigenvalue weighted by Gasteiger charge is -2.31. The Morgan fingerprint density at radius 3 is 2.41 bits per heavy atom. The molecule has 1 saturated heterocycles. The summed E-state index contributed by atoms with van der Waals surface area (Å²) in [6, 6.07) is 10.1. The minimum Gasteiger partial charge on any atom is -0.338 e. The van der Waals surface area contributed by atoms with Crippen molar-refractivity contribution in [3.8, 4) is 10.6 Å². The van der Waals surface area contributed by atoms with Gasteiger partial charge in [-0.3, -0.25) is 4.79 Å². The molecule has 6 heteroatoms. The molecule has 0 atom stereocenters. The Bertz CT molecular complexity index is 993. The fourth-order valence-electron chi connectivity index (χ4n) is 3.59. The Hall–Kier alpha value is -2.05. The van der Waals surface area contributed by atoms with Crippen LogP contribution in [0.3, 0.4) is 0 Å². The van der Waals surface area contributed by atoms with Crippen molar-refractivity contribution in [2.24, 2.45) is 0 Å². The highest BCUT2D eigenvalue weighted by Crippen LogP contribution is 2.35.